The molecule has 1 saturated heterocycles. The zero-order valence-corrected chi connectivity index (χ0v) is 18.2. The lowest BCUT2D eigenvalue weighted by Crippen LogP contribution is -2.36. The SMILES string of the molecule is Cc1cc(N2CCOCC2)ccc1Nc1nc(NC2CC[CH]CC2C)c2nc[nH]c2n1. The second kappa shape index (κ2) is 8.70. The molecule has 5 rings (SSSR count). The van der Waals surface area contributed by atoms with Gasteiger partial charge in [0.15, 0.2) is 11.5 Å². The molecule has 31 heavy (non-hydrogen) atoms. The second-order valence-electron chi connectivity index (χ2n) is 8.55. The van der Waals surface area contributed by atoms with Crippen molar-refractivity contribution in [1.29, 1.82) is 0 Å². The molecule has 163 valence electrons. The Kier molecular flexibility index (Phi) is 5.63. The van der Waals surface area contributed by atoms with E-state index in [-0.39, 0.29) is 0 Å². The number of ether oxygens (including phenoxy) is 1. The minimum Gasteiger partial charge on any atom is -0.378 e. The van der Waals surface area contributed by atoms with Crippen LogP contribution in [-0.2, 0) is 4.74 Å². The summed E-state index contributed by atoms with van der Waals surface area (Å²) in [7, 11) is 0. The van der Waals surface area contributed by atoms with Crippen LogP contribution in [0.3, 0.4) is 0 Å². The summed E-state index contributed by atoms with van der Waals surface area (Å²) in [5.74, 6) is 1.93. The van der Waals surface area contributed by atoms with Crippen LogP contribution >= 0.6 is 0 Å². The van der Waals surface area contributed by atoms with E-state index in [1.165, 1.54) is 5.69 Å². The summed E-state index contributed by atoms with van der Waals surface area (Å²) in [5.41, 5.74) is 4.90. The van der Waals surface area contributed by atoms with Gasteiger partial charge in [0.1, 0.15) is 5.52 Å². The molecule has 1 radical (unpaired) electrons. The van der Waals surface area contributed by atoms with E-state index < -0.39 is 0 Å². The first-order valence-corrected chi connectivity index (χ1v) is 11.2. The van der Waals surface area contributed by atoms with E-state index >= 15 is 0 Å². The standard InChI is InChI=1S/C23H30N7O/c1-15-5-3-4-6-18(15)26-22-20-21(25-14-24-20)28-23(29-22)27-19-8-7-17(13-16(19)2)30-9-11-31-12-10-30/h3,7-8,13-15,18H,4-6,9-12H2,1-2H3,(H3,24,25,26,27,28,29). The lowest BCUT2D eigenvalue weighted by atomic mass is 9.86. The van der Waals surface area contributed by atoms with E-state index in [1.54, 1.807) is 6.33 Å². The molecule has 1 aliphatic carbocycles. The van der Waals surface area contributed by atoms with Gasteiger partial charge in [-0.2, -0.15) is 9.97 Å². The van der Waals surface area contributed by atoms with Crippen molar-refractivity contribution < 1.29 is 4.74 Å². The molecule has 3 aromatic rings. The first-order chi connectivity index (χ1) is 15.2. The molecule has 0 amide bonds. The van der Waals surface area contributed by atoms with E-state index in [0.717, 1.165) is 73.8 Å². The highest BCUT2D eigenvalue weighted by atomic mass is 16.5. The van der Waals surface area contributed by atoms with Crippen LogP contribution in [0.5, 0.6) is 0 Å². The number of benzene rings is 1. The minimum atomic E-state index is 0.391. The van der Waals surface area contributed by atoms with Gasteiger partial charge in [-0.05, 0) is 62.3 Å². The van der Waals surface area contributed by atoms with Crippen LogP contribution in [0.1, 0.15) is 31.7 Å². The zero-order valence-electron chi connectivity index (χ0n) is 18.2. The highest BCUT2D eigenvalue weighted by Gasteiger charge is 2.23. The van der Waals surface area contributed by atoms with Crippen molar-refractivity contribution in [2.24, 2.45) is 5.92 Å². The van der Waals surface area contributed by atoms with Crippen LogP contribution in [0.25, 0.3) is 11.2 Å². The van der Waals surface area contributed by atoms with E-state index in [0.29, 0.717) is 17.9 Å². The molecule has 1 saturated carbocycles. The Morgan fingerprint density at radius 3 is 2.87 bits per heavy atom. The monoisotopic (exact) mass is 420 g/mol. The van der Waals surface area contributed by atoms with Gasteiger partial charge in [0.05, 0.1) is 19.5 Å². The van der Waals surface area contributed by atoms with Gasteiger partial charge in [0.25, 0.3) is 0 Å². The van der Waals surface area contributed by atoms with E-state index in [2.05, 4.69) is 69.0 Å². The van der Waals surface area contributed by atoms with Crippen LogP contribution in [0.2, 0.25) is 0 Å². The lowest BCUT2D eigenvalue weighted by Gasteiger charge is -2.30. The number of H-pyrrole nitrogens is 1. The number of anilines is 4. The normalized spacial score (nSPS) is 21.9. The summed E-state index contributed by atoms with van der Waals surface area (Å²) in [4.78, 5) is 19.4. The summed E-state index contributed by atoms with van der Waals surface area (Å²) < 4.78 is 5.47. The van der Waals surface area contributed by atoms with Crippen LogP contribution in [-0.4, -0.2) is 52.3 Å². The summed E-state index contributed by atoms with van der Waals surface area (Å²) in [6.45, 7) is 7.82. The molecule has 0 bridgehead atoms. The van der Waals surface area contributed by atoms with Gasteiger partial charge >= 0.3 is 0 Å². The van der Waals surface area contributed by atoms with Crippen molar-refractivity contribution in [2.75, 3.05) is 41.8 Å². The first-order valence-electron chi connectivity index (χ1n) is 11.2. The molecule has 8 nitrogen and oxygen atoms in total. The average Bonchev–Trinajstić information content (AvgIpc) is 3.26. The van der Waals surface area contributed by atoms with Crippen LogP contribution < -0.4 is 15.5 Å². The van der Waals surface area contributed by atoms with Gasteiger partial charge in [-0.25, -0.2) is 4.98 Å². The van der Waals surface area contributed by atoms with Gasteiger partial charge in [0.2, 0.25) is 5.95 Å². The number of aromatic nitrogens is 4. The Morgan fingerprint density at radius 2 is 2.06 bits per heavy atom. The maximum absolute atomic E-state index is 5.47. The number of hydrogen-bond donors (Lipinski definition) is 3. The van der Waals surface area contributed by atoms with Crippen molar-refractivity contribution in [3.05, 3.63) is 36.5 Å². The van der Waals surface area contributed by atoms with Gasteiger partial charge < -0.3 is 25.3 Å². The summed E-state index contributed by atoms with van der Waals surface area (Å²) in [5, 5.41) is 7.05. The maximum Gasteiger partial charge on any atom is 0.231 e. The minimum absolute atomic E-state index is 0.391. The van der Waals surface area contributed by atoms with Gasteiger partial charge in [-0.15, -0.1) is 0 Å². The van der Waals surface area contributed by atoms with Gasteiger partial charge in [0, 0.05) is 30.5 Å². The number of fused-ring (bicyclic) bond motifs is 1. The highest BCUT2D eigenvalue weighted by molar-refractivity contribution is 5.84. The molecular formula is C23H30N7O. The number of imidazole rings is 1. The number of nitrogens with one attached hydrogen (secondary N) is 3. The van der Waals surface area contributed by atoms with Gasteiger partial charge in [-0.3, -0.25) is 0 Å². The number of hydrogen-bond acceptors (Lipinski definition) is 7. The van der Waals surface area contributed by atoms with Crippen molar-refractivity contribution in [3.8, 4) is 0 Å². The van der Waals surface area contributed by atoms with Crippen LogP contribution in [0.4, 0.5) is 23.1 Å². The maximum atomic E-state index is 5.47. The third kappa shape index (κ3) is 4.30. The van der Waals surface area contributed by atoms with Crippen LogP contribution in [0.15, 0.2) is 24.5 Å². The molecule has 2 aliphatic rings. The number of rotatable bonds is 5. The molecule has 1 aliphatic heterocycles. The topological polar surface area (TPSA) is 91.0 Å². The van der Waals surface area contributed by atoms with Crippen molar-refractivity contribution in [2.45, 2.75) is 39.2 Å². The largest absolute Gasteiger partial charge is 0.378 e. The van der Waals surface area contributed by atoms with E-state index in [9.17, 15) is 0 Å². The lowest BCUT2D eigenvalue weighted by molar-refractivity contribution is 0.122. The predicted octanol–water partition coefficient (Wildman–Crippen LogP) is 4.05. The Labute approximate surface area is 182 Å². The quantitative estimate of drug-likeness (QED) is 0.574. The molecule has 8 heteroatoms. The summed E-state index contributed by atoms with van der Waals surface area (Å²) >= 11 is 0. The first kappa shape index (κ1) is 20.1. The number of aromatic amines is 1. The molecule has 3 N–H and O–H groups in total. The Hall–Kier alpha value is -2.87. The number of aryl methyl sites for hydroxylation is 1. The molecule has 2 atom stereocenters. The third-order valence-corrected chi connectivity index (χ3v) is 6.34. The smallest absolute Gasteiger partial charge is 0.231 e. The predicted molar refractivity (Wildman–Crippen MR) is 124 cm³/mol. The molecule has 2 unspecified atom stereocenters. The molecule has 2 fully saturated rings. The molecule has 2 aromatic heterocycles. The Balaban J connectivity index is 1.39. The molecule has 3 heterocycles. The average molecular weight is 421 g/mol. The number of nitrogens with zero attached hydrogens (tertiary/aromatic N) is 4. The highest BCUT2D eigenvalue weighted by Crippen LogP contribution is 2.30. The third-order valence-electron chi connectivity index (χ3n) is 6.34. The fraction of sp³-hybridized carbons (Fsp3) is 0.478. The van der Waals surface area contributed by atoms with Crippen molar-refractivity contribution in [3.63, 3.8) is 0 Å². The summed E-state index contributed by atoms with van der Waals surface area (Å²) in [6, 6.07) is 6.85. The Morgan fingerprint density at radius 1 is 1.19 bits per heavy atom. The fourth-order valence-corrected chi connectivity index (χ4v) is 4.44. The zero-order chi connectivity index (χ0) is 21.2. The second-order valence-corrected chi connectivity index (χ2v) is 8.55. The van der Waals surface area contributed by atoms with E-state index in [1.807, 2.05) is 0 Å². The van der Waals surface area contributed by atoms with Crippen LogP contribution in [0, 0.1) is 19.3 Å². The molecule has 1 aromatic carbocycles. The van der Waals surface area contributed by atoms with Gasteiger partial charge in [-0.1, -0.05) is 6.92 Å². The van der Waals surface area contributed by atoms with Crippen molar-refractivity contribution in [1.82, 2.24) is 19.9 Å². The Bertz CT molecular complexity index is 1040. The molecule has 0 spiro atoms. The fourth-order valence-electron chi connectivity index (χ4n) is 4.44. The number of morpholine rings is 1. The van der Waals surface area contributed by atoms with Crippen molar-refractivity contribution >= 4 is 34.3 Å². The van der Waals surface area contributed by atoms with E-state index in [4.69, 9.17) is 9.72 Å². The molecular weight excluding hydrogens is 390 g/mol. The summed E-state index contributed by atoms with van der Waals surface area (Å²) in [6.07, 6.45) is 7.43.